The smallest absolute Gasteiger partial charge is 0.323 e. The van der Waals surface area contributed by atoms with Gasteiger partial charge in [-0.3, -0.25) is 14.9 Å². The molecule has 1 heterocycles. The molecule has 2 atom stereocenters. The Kier molecular flexibility index (Phi) is 5.88. The minimum Gasteiger partial charge on any atom is -0.480 e. The second kappa shape index (κ2) is 8.51. The van der Waals surface area contributed by atoms with Gasteiger partial charge in [0.05, 0.1) is 0 Å². The first-order valence-corrected chi connectivity index (χ1v) is 8.79. The van der Waals surface area contributed by atoms with E-state index in [4.69, 9.17) is 4.74 Å². The number of aromatic amines is 1. The highest BCUT2D eigenvalue weighted by Gasteiger charge is 2.25. The molecule has 1 aromatic heterocycles. The Bertz CT molecular complexity index is 920. The molecule has 6 nitrogen and oxygen atoms in total. The Hall–Kier alpha value is -3.12. The zero-order valence-electron chi connectivity index (χ0n) is 15.0. The normalized spacial score (nSPS) is 13.2. The quantitative estimate of drug-likeness (QED) is 0.533. The molecule has 3 N–H and O–H groups in total. The van der Waals surface area contributed by atoms with Gasteiger partial charge in [0, 0.05) is 23.5 Å². The first kappa shape index (κ1) is 18.7. The zero-order chi connectivity index (χ0) is 19.2. The van der Waals surface area contributed by atoms with Crippen LogP contribution in [0.1, 0.15) is 18.1 Å². The third-order valence-electron chi connectivity index (χ3n) is 4.43. The molecular weight excluding hydrogens is 344 g/mol. The van der Waals surface area contributed by atoms with Crippen LogP contribution in [0.4, 0.5) is 0 Å². The maximum atomic E-state index is 12.2. The number of para-hydroxylation sites is 1. The van der Waals surface area contributed by atoms with Crippen molar-refractivity contribution < 1.29 is 19.4 Å². The van der Waals surface area contributed by atoms with Gasteiger partial charge in [-0.1, -0.05) is 48.5 Å². The van der Waals surface area contributed by atoms with Crippen LogP contribution in [0.2, 0.25) is 0 Å². The fourth-order valence-corrected chi connectivity index (χ4v) is 2.96. The lowest BCUT2D eigenvalue weighted by Gasteiger charge is -2.19. The van der Waals surface area contributed by atoms with Crippen molar-refractivity contribution in [2.24, 2.45) is 0 Å². The van der Waals surface area contributed by atoms with Crippen molar-refractivity contribution >= 4 is 22.8 Å². The van der Waals surface area contributed by atoms with Crippen molar-refractivity contribution in [3.8, 4) is 0 Å². The molecule has 0 amide bonds. The van der Waals surface area contributed by atoms with Crippen LogP contribution in [0, 0.1) is 0 Å². The number of rotatable bonds is 8. The molecule has 140 valence electrons. The number of aliphatic carboxylic acids is 1. The molecule has 0 aliphatic carbocycles. The Labute approximate surface area is 157 Å². The Morgan fingerprint density at radius 1 is 1.11 bits per heavy atom. The van der Waals surface area contributed by atoms with Gasteiger partial charge in [0.15, 0.2) is 0 Å². The topological polar surface area (TPSA) is 91.4 Å². The second-order valence-corrected chi connectivity index (χ2v) is 6.44. The average Bonchev–Trinajstić information content (AvgIpc) is 3.09. The van der Waals surface area contributed by atoms with E-state index in [9.17, 15) is 14.7 Å². The third-order valence-corrected chi connectivity index (χ3v) is 4.43. The number of carboxylic acid groups (broad SMARTS) is 1. The Morgan fingerprint density at radius 2 is 1.81 bits per heavy atom. The summed E-state index contributed by atoms with van der Waals surface area (Å²) in [5.41, 5.74) is 2.72. The SMILES string of the molecule is C[C@@H](N[C@@H](Cc1c[nH]c2ccccc12)C(=O)O)C(=O)OCc1ccccc1. The maximum Gasteiger partial charge on any atom is 0.323 e. The van der Waals surface area contributed by atoms with Crippen LogP contribution < -0.4 is 5.32 Å². The van der Waals surface area contributed by atoms with Gasteiger partial charge in [0.1, 0.15) is 18.7 Å². The number of aromatic nitrogens is 1. The first-order valence-electron chi connectivity index (χ1n) is 8.79. The number of esters is 1. The number of hydrogen-bond donors (Lipinski definition) is 3. The van der Waals surface area contributed by atoms with Crippen molar-refractivity contribution in [3.63, 3.8) is 0 Å². The molecule has 2 aromatic carbocycles. The predicted octanol–water partition coefficient (Wildman–Crippen LogP) is 2.89. The molecule has 0 bridgehead atoms. The largest absolute Gasteiger partial charge is 0.480 e. The highest BCUT2D eigenvalue weighted by molar-refractivity contribution is 5.84. The van der Waals surface area contributed by atoms with E-state index in [1.54, 1.807) is 13.1 Å². The molecule has 0 saturated heterocycles. The number of ether oxygens (including phenoxy) is 1. The minimum atomic E-state index is -1.01. The van der Waals surface area contributed by atoms with Crippen LogP contribution in [0.25, 0.3) is 10.9 Å². The number of carboxylic acids is 1. The van der Waals surface area contributed by atoms with Gasteiger partial charge in [-0.2, -0.15) is 0 Å². The first-order chi connectivity index (χ1) is 13.0. The molecule has 0 aliphatic heterocycles. The van der Waals surface area contributed by atoms with E-state index >= 15 is 0 Å². The molecule has 0 spiro atoms. The lowest BCUT2D eigenvalue weighted by molar-refractivity contribution is -0.148. The summed E-state index contributed by atoms with van der Waals surface area (Å²) in [5, 5.41) is 13.4. The fourth-order valence-electron chi connectivity index (χ4n) is 2.96. The second-order valence-electron chi connectivity index (χ2n) is 6.44. The molecule has 0 saturated carbocycles. The summed E-state index contributed by atoms with van der Waals surface area (Å²) in [7, 11) is 0. The van der Waals surface area contributed by atoms with E-state index in [-0.39, 0.29) is 13.0 Å². The standard InChI is InChI=1S/C21H22N2O4/c1-14(21(26)27-13-15-7-3-2-4-8-15)23-19(20(24)25)11-16-12-22-18-10-6-5-9-17(16)18/h2-10,12,14,19,22-23H,11,13H2,1H3,(H,24,25)/t14-,19+/m1/s1. The van der Waals surface area contributed by atoms with Gasteiger partial charge in [-0.15, -0.1) is 0 Å². The van der Waals surface area contributed by atoms with Gasteiger partial charge >= 0.3 is 11.9 Å². The van der Waals surface area contributed by atoms with Crippen LogP contribution in [0.3, 0.4) is 0 Å². The van der Waals surface area contributed by atoms with E-state index in [1.807, 2.05) is 54.6 Å². The Balaban J connectivity index is 1.61. The number of fused-ring (bicyclic) bond motifs is 1. The molecule has 3 aromatic rings. The monoisotopic (exact) mass is 366 g/mol. The number of hydrogen-bond acceptors (Lipinski definition) is 4. The van der Waals surface area contributed by atoms with Gasteiger partial charge in [0.25, 0.3) is 0 Å². The van der Waals surface area contributed by atoms with Crippen molar-refractivity contribution in [1.82, 2.24) is 10.3 Å². The number of carbonyl (C=O) groups excluding carboxylic acids is 1. The number of benzene rings is 2. The highest BCUT2D eigenvalue weighted by Crippen LogP contribution is 2.19. The molecule has 3 rings (SSSR count). The van der Waals surface area contributed by atoms with Crippen LogP contribution >= 0.6 is 0 Å². The molecule has 27 heavy (non-hydrogen) atoms. The molecular formula is C21H22N2O4. The maximum absolute atomic E-state index is 12.2. The third kappa shape index (κ3) is 4.74. The van der Waals surface area contributed by atoms with Crippen LogP contribution in [-0.4, -0.2) is 34.1 Å². The van der Waals surface area contributed by atoms with Gasteiger partial charge in [0.2, 0.25) is 0 Å². The van der Waals surface area contributed by atoms with Gasteiger partial charge < -0.3 is 14.8 Å². The summed E-state index contributed by atoms with van der Waals surface area (Å²) in [6.45, 7) is 1.77. The number of nitrogens with one attached hydrogen (secondary N) is 2. The summed E-state index contributed by atoms with van der Waals surface area (Å²) in [6, 6.07) is 15.4. The van der Waals surface area contributed by atoms with Crippen LogP contribution in [0.5, 0.6) is 0 Å². The molecule has 0 fully saturated rings. The van der Waals surface area contributed by atoms with Crippen molar-refractivity contribution in [2.75, 3.05) is 0 Å². The van der Waals surface area contributed by atoms with E-state index in [2.05, 4.69) is 10.3 Å². The molecule has 0 radical (unpaired) electrons. The molecule has 0 unspecified atom stereocenters. The van der Waals surface area contributed by atoms with Crippen LogP contribution in [-0.2, 0) is 27.4 Å². The summed E-state index contributed by atoms with van der Waals surface area (Å²) in [4.78, 5) is 27.0. The lowest BCUT2D eigenvalue weighted by atomic mass is 10.0. The minimum absolute atomic E-state index is 0.159. The lowest BCUT2D eigenvalue weighted by Crippen LogP contribution is -2.47. The summed E-state index contributed by atoms with van der Waals surface area (Å²) < 4.78 is 5.28. The summed E-state index contributed by atoms with van der Waals surface area (Å²) in [5.74, 6) is -1.49. The molecule has 0 aliphatic rings. The van der Waals surface area contributed by atoms with Gasteiger partial charge in [-0.25, -0.2) is 0 Å². The number of H-pyrrole nitrogens is 1. The predicted molar refractivity (Wildman–Crippen MR) is 102 cm³/mol. The van der Waals surface area contributed by atoms with E-state index in [1.165, 1.54) is 0 Å². The average molecular weight is 366 g/mol. The Morgan fingerprint density at radius 3 is 2.56 bits per heavy atom. The highest BCUT2D eigenvalue weighted by atomic mass is 16.5. The number of carbonyl (C=O) groups is 2. The van der Waals surface area contributed by atoms with Crippen molar-refractivity contribution in [2.45, 2.75) is 32.0 Å². The van der Waals surface area contributed by atoms with E-state index in [0.717, 1.165) is 22.0 Å². The summed E-state index contributed by atoms with van der Waals surface area (Å²) in [6.07, 6.45) is 2.07. The fraction of sp³-hybridized carbons (Fsp3) is 0.238. The summed E-state index contributed by atoms with van der Waals surface area (Å²) >= 11 is 0. The van der Waals surface area contributed by atoms with Crippen molar-refractivity contribution in [3.05, 3.63) is 71.9 Å². The van der Waals surface area contributed by atoms with E-state index < -0.39 is 24.0 Å². The zero-order valence-corrected chi connectivity index (χ0v) is 15.0. The van der Waals surface area contributed by atoms with Crippen molar-refractivity contribution in [1.29, 1.82) is 0 Å². The van der Waals surface area contributed by atoms with Crippen LogP contribution in [0.15, 0.2) is 60.8 Å². The van der Waals surface area contributed by atoms with Gasteiger partial charge in [-0.05, 0) is 24.1 Å². The van der Waals surface area contributed by atoms with E-state index in [0.29, 0.717) is 0 Å². The molecule has 6 heteroatoms.